The van der Waals surface area contributed by atoms with Gasteiger partial charge < -0.3 is 16.0 Å². The van der Waals surface area contributed by atoms with Gasteiger partial charge in [-0.05, 0) is 32.2 Å². The van der Waals surface area contributed by atoms with Crippen molar-refractivity contribution < 1.29 is 4.79 Å². The van der Waals surface area contributed by atoms with Gasteiger partial charge in [0.25, 0.3) is 0 Å². The highest BCUT2D eigenvalue weighted by Gasteiger charge is 2.22. The van der Waals surface area contributed by atoms with Crippen LogP contribution in [0.2, 0.25) is 0 Å². The summed E-state index contributed by atoms with van der Waals surface area (Å²) in [5.74, 6) is -0.0399. The van der Waals surface area contributed by atoms with Crippen molar-refractivity contribution in [3.05, 3.63) is 12.7 Å². The second-order valence-corrected chi connectivity index (χ2v) is 5.11. The standard InChI is InChI=1S/C14H27N3O/c1-3-5-9-17-10-7-12(8-11-17)16-14(18)13(15)6-4-2/h4,12-13H,2-3,5-11,15H2,1H3,(H,16,18). The Hall–Kier alpha value is -0.870. The average Bonchev–Trinajstić information content (AvgIpc) is 2.38. The van der Waals surface area contributed by atoms with Crippen LogP contribution in [0.4, 0.5) is 0 Å². The number of nitrogens with two attached hydrogens (primary N) is 1. The second kappa shape index (κ2) is 8.27. The van der Waals surface area contributed by atoms with E-state index in [4.69, 9.17) is 5.73 Å². The molecule has 1 rings (SSSR count). The minimum Gasteiger partial charge on any atom is -0.352 e. The molecule has 0 aromatic rings. The number of nitrogens with one attached hydrogen (secondary N) is 1. The Balaban J connectivity index is 2.22. The van der Waals surface area contributed by atoms with E-state index in [9.17, 15) is 4.79 Å². The second-order valence-electron chi connectivity index (χ2n) is 5.11. The van der Waals surface area contributed by atoms with Gasteiger partial charge >= 0.3 is 0 Å². The van der Waals surface area contributed by atoms with Crippen molar-refractivity contribution >= 4 is 5.91 Å². The number of carbonyl (C=O) groups is 1. The highest BCUT2D eigenvalue weighted by atomic mass is 16.2. The minimum atomic E-state index is -0.444. The number of rotatable bonds is 7. The van der Waals surface area contributed by atoms with Crippen LogP contribution in [0.1, 0.15) is 39.0 Å². The Bertz CT molecular complexity index is 260. The lowest BCUT2D eigenvalue weighted by Crippen LogP contribution is -2.49. The van der Waals surface area contributed by atoms with Crippen LogP contribution in [0.15, 0.2) is 12.7 Å². The molecule has 1 aliphatic rings. The molecule has 1 heterocycles. The highest BCUT2D eigenvalue weighted by Crippen LogP contribution is 2.11. The van der Waals surface area contributed by atoms with E-state index in [2.05, 4.69) is 23.7 Å². The number of carbonyl (C=O) groups excluding carboxylic acids is 1. The third-order valence-corrected chi connectivity index (χ3v) is 3.52. The van der Waals surface area contributed by atoms with Gasteiger partial charge in [0, 0.05) is 19.1 Å². The minimum absolute atomic E-state index is 0.0399. The summed E-state index contributed by atoms with van der Waals surface area (Å²) in [5, 5.41) is 3.04. The first kappa shape index (κ1) is 15.2. The molecule has 1 atom stereocenters. The van der Waals surface area contributed by atoms with Crippen LogP contribution < -0.4 is 11.1 Å². The summed E-state index contributed by atoms with van der Waals surface area (Å²) < 4.78 is 0. The zero-order valence-corrected chi connectivity index (χ0v) is 11.5. The van der Waals surface area contributed by atoms with E-state index in [0.717, 1.165) is 25.9 Å². The molecule has 1 aliphatic heterocycles. The highest BCUT2D eigenvalue weighted by molar-refractivity contribution is 5.81. The molecule has 1 amide bonds. The van der Waals surface area contributed by atoms with Crippen LogP contribution in [0.3, 0.4) is 0 Å². The summed E-state index contributed by atoms with van der Waals surface area (Å²) in [6.45, 7) is 9.18. The molecule has 104 valence electrons. The molecule has 0 bridgehead atoms. The maximum atomic E-state index is 11.8. The number of piperidine rings is 1. The van der Waals surface area contributed by atoms with Gasteiger partial charge in [-0.3, -0.25) is 4.79 Å². The van der Waals surface area contributed by atoms with Crippen LogP contribution in [-0.2, 0) is 4.79 Å². The maximum Gasteiger partial charge on any atom is 0.237 e. The lowest BCUT2D eigenvalue weighted by Gasteiger charge is -2.32. The van der Waals surface area contributed by atoms with Crippen LogP contribution >= 0.6 is 0 Å². The quantitative estimate of drug-likeness (QED) is 0.672. The molecule has 1 saturated heterocycles. The van der Waals surface area contributed by atoms with Crippen molar-refractivity contribution in [2.24, 2.45) is 5.73 Å². The average molecular weight is 253 g/mol. The maximum absolute atomic E-state index is 11.8. The van der Waals surface area contributed by atoms with Crippen LogP contribution in [0.5, 0.6) is 0 Å². The molecule has 1 unspecified atom stereocenters. The Morgan fingerprint density at radius 1 is 1.56 bits per heavy atom. The SMILES string of the molecule is C=CCC(N)C(=O)NC1CCN(CCCC)CC1. The lowest BCUT2D eigenvalue weighted by atomic mass is 10.0. The van der Waals surface area contributed by atoms with Crippen molar-refractivity contribution in [2.45, 2.75) is 51.1 Å². The van der Waals surface area contributed by atoms with E-state index >= 15 is 0 Å². The van der Waals surface area contributed by atoms with Crippen molar-refractivity contribution in [3.63, 3.8) is 0 Å². The predicted octanol–water partition coefficient (Wildman–Crippen LogP) is 1.27. The largest absolute Gasteiger partial charge is 0.352 e. The van der Waals surface area contributed by atoms with E-state index in [1.54, 1.807) is 6.08 Å². The topological polar surface area (TPSA) is 58.4 Å². The molecule has 0 spiro atoms. The van der Waals surface area contributed by atoms with Crippen LogP contribution in [0, 0.1) is 0 Å². The van der Waals surface area contributed by atoms with Gasteiger partial charge in [-0.2, -0.15) is 0 Å². The van der Waals surface area contributed by atoms with Gasteiger partial charge in [-0.25, -0.2) is 0 Å². The first-order valence-corrected chi connectivity index (χ1v) is 7.06. The Kier molecular flexibility index (Phi) is 6.98. The number of hydrogen-bond donors (Lipinski definition) is 2. The summed E-state index contributed by atoms with van der Waals surface area (Å²) in [7, 11) is 0. The van der Waals surface area contributed by atoms with Gasteiger partial charge in [0.15, 0.2) is 0 Å². The summed E-state index contributed by atoms with van der Waals surface area (Å²) >= 11 is 0. The molecule has 1 fully saturated rings. The molecular formula is C14H27N3O. The van der Waals surface area contributed by atoms with Crippen molar-refractivity contribution in [1.29, 1.82) is 0 Å². The third-order valence-electron chi connectivity index (χ3n) is 3.52. The molecule has 4 heteroatoms. The van der Waals surface area contributed by atoms with E-state index in [1.165, 1.54) is 19.4 Å². The van der Waals surface area contributed by atoms with Gasteiger partial charge in [-0.15, -0.1) is 6.58 Å². The van der Waals surface area contributed by atoms with Crippen LogP contribution in [0.25, 0.3) is 0 Å². The Morgan fingerprint density at radius 3 is 2.78 bits per heavy atom. The summed E-state index contributed by atoms with van der Waals surface area (Å²) in [6, 6.07) is -0.146. The van der Waals surface area contributed by atoms with Crippen molar-refractivity contribution in [2.75, 3.05) is 19.6 Å². The molecule has 0 aromatic heterocycles. The fraction of sp³-hybridized carbons (Fsp3) is 0.786. The monoisotopic (exact) mass is 253 g/mol. The molecule has 0 saturated carbocycles. The zero-order valence-electron chi connectivity index (χ0n) is 11.5. The molecule has 0 aromatic carbocycles. The van der Waals surface area contributed by atoms with Gasteiger partial charge in [0.2, 0.25) is 5.91 Å². The smallest absolute Gasteiger partial charge is 0.237 e. The van der Waals surface area contributed by atoms with Crippen molar-refractivity contribution in [1.82, 2.24) is 10.2 Å². The molecule has 4 nitrogen and oxygen atoms in total. The number of likely N-dealkylation sites (tertiary alicyclic amines) is 1. The summed E-state index contributed by atoms with van der Waals surface area (Å²) in [6.07, 6.45) is 6.82. The predicted molar refractivity (Wildman–Crippen MR) is 75.3 cm³/mol. The summed E-state index contributed by atoms with van der Waals surface area (Å²) in [4.78, 5) is 14.2. The Morgan fingerprint density at radius 2 is 2.22 bits per heavy atom. The van der Waals surface area contributed by atoms with Gasteiger partial charge in [0.05, 0.1) is 6.04 Å². The lowest BCUT2D eigenvalue weighted by molar-refractivity contribution is -0.123. The number of nitrogens with zero attached hydrogens (tertiary/aromatic N) is 1. The number of amides is 1. The normalized spacial score (nSPS) is 19.4. The molecule has 0 aliphatic carbocycles. The first-order valence-electron chi connectivity index (χ1n) is 7.06. The van der Waals surface area contributed by atoms with Crippen molar-refractivity contribution in [3.8, 4) is 0 Å². The van der Waals surface area contributed by atoms with E-state index in [-0.39, 0.29) is 5.91 Å². The van der Waals surface area contributed by atoms with Gasteiger partial charge in [-0.1, -0.05) is 19.4 Å². The van der Waals surface area contributed by atoms with Crippen LogP contribution in [-0.4, -0.2) is 42.5 Å². The molecule has 18 heavy (non-hydrogen) atoms. The Labute approximate surface area is 111 Å². The number of unbranched alkanes of at least 4 members (excludes halogenated alkanes) is 1. The first-order chi connectivity index (χ1) is 8.67. The molecular weight excluding hydrogens is 226 g/mol. The zero-order chi connectivity index (χ0) is 13.4. The van der Waals surface area contributed by atoms with E-state index < -0.39 is 6.04 Å². The fourth-order valence-corrected chi connectivity index (χ4v) is 2.28. The van der Waals surface area contributed by atoms with E-state index in [1.807, 2.05) is 0 Å². The number of hydrogen-bond acceptors (Lipinski definition) is 3. The third kappa shape index (κ3) is 5.19. The summed E-state index contributed by atoms with van der Waals surface area (Å²) in [5.41, 5.74) is 5.74. The molecule has 3 N–H and O–H groups in total. The fourth-order valence-electron chi connectivity index (χ4n) is 2.28. The molecule has 0 radical (unpaired) electrons. The van der Waals surface area contributed by atoms with Gasteiger partial charge in [0.1, 0.15) is 0 Å². The van der Waals surface area contributed by atoms with E-state index in [0.29, 0.717) is 12.5 Å².